The summed E-state index contributed by atoms with van der Waals surface area (Å²) in [4.78, 5) is 16.2. The average Bonchev–Trinajstić information content (AvgIpc) is 2.76. The predicted octanol–water partition coefficient (Wildman–Crippen LogP) is 2.83. The van der Waals surface area contributed by atoms with Crippen LogP contribution in [0.4, 0.5) is 0 Å². The summed E-state index contributed by atoms with van der Waals surface area (Å²) in [7, 11) is 1.76. The molecule has 6 heteroatoms. The predicted molar refractivity (Wildman–Crippen MR) is 91.8 cm³/mol. The first-order chi connectivity index (χ1) is 11.0. The monoisotopic (exact) mass is 332 g/mol. The number of likely N-dealkylation sites (N-methyl/N-ethyl adjacent to an activating group) is 1. The van der Waals surface area contributed by atoms with Crippen molar-refractivity contribution in [1.29, 1.82) is 0 Å². The molecule has 2 aliphatic rings. The van der Waals surface area contributed by atoms with Crippen LogP contribution in [0.5, 0.6) is 11.5 Å². The van der Waals surface area contributed by atoms with Gasteiger partial charge in [0.25, 0.3) is 5.91 Å². The summed E-state index contributed by atoms with van der Waals surface area (Å²) in [6.45, 7) is 0. The van der Waals surface area contributed by atoms with Crippen LogP contribution < -0.4 is 0 Å². The zero-order chi connectivity index (χ0) is 16.6. The molecule has 1 aliphatic heterocycles. The molecule has 0 spiro atoms. The van der Waals surface area contributed by atoms with Gasteiger partial charge in [0.2, 0.25) is 0 Å². The molecule has 122 valence electrons. The van der Waals surface area contributed by atoms with Crippen molar-refractivity contribution in [3.63, 3.8) is 0 Å². The van der Waals surface area contributed by atoms with Crippen molar-refractivity contribution in [3.8, 4) is 11.5 Å². The number of phenols is 2. The molecule has 0 radical (unpaired) electrons. The molecule has 2 N–H and O–H groups in total. The van der Waals surface area contributed by atoms with Crippen LogP contribution in [0.1, 0.15) is 37.7 Å². The standard InChI is InChI=1S/C17H20N2O3S/c1-18-13(10-11-6-5-9-14(20)15(11)21)16(22)19(17(18)23)12-7-3-2-4-8-12/h5-6,9-10,12,20-21H,2-4,7-8H2,1H3/b13-10-. The Morgan fingerprint density at radius 1 is 1.22 bits per heavy atom. The van der Waals surface area contributed by atoms with Crippen LogP contribution in [-0.2, 0) is 4.79 Å². The minimum atomic E-state index is -0.233. The van der Waals surface area contributed by atoms with E-state index in [1.165, 1.54) is 12.5 Å². The molecule has 0 bridgehead atoms. The molecule has 1 saturated heterocycles. The number of nitrogens with zero attached hydrogens (tertiary/aromatic N) is 2. The van der Waals surface area contributed by atoms with Gasteiger partial charge in [-0.25, -0.2) is 0 Å². The van der Waals surface area contributed by atoms with Gasteiger partial charge in [0.15, 0.2) is 16.6 Å². The molecule has 0 unspecified atom stereocenters. The van der Waals surface area contributed by atoms with E-state index in [1.54, 1.807) is 35.1 Å². The zero-order valence-electron chi connectivity index (χ0n) is 13.0. The first-order valence-corrected chi connectivity index (χ1v) is 8.25. The van der Waals surface area contributed by atoms with Gasteiger partial charge in [0.05, 0.1) is 0 Å². The van der Waals surface area contributed by atoms with Gasteiger partial charge < -0.3 is 15.1 Å². The Morgan fingerprint density at radius 2 is 1.91 bits per heavy atom. The average molecular weight is 332 g/mol. The lowest BCUT2D eigenvalue weighted by Gasteiger charge is -2.30. The normalized spacial score (nSPS) is 21.5. The van der Waals surface area contributed by atoms with E-state index < -0.39 is 0 Å². The van der Waals surface area contributed by atoms with Gasteiger partial charge in [-0.1, -0.05) is 31.4 Å². The lowest BCUT2D eigenvalue weighted by atomic mass is 9.94. The van der Waals surface area contributed by atoms with Crippen molar-refractivity contribution in [2.75, 3.05) is 7.05 Å². The molecule has 2 fully saturated rings. The van der Waals surface area contributed by atoms with Crippen LogP contribution in [0.25, 0.3) is 6.08 Å². The molecule has 3 rings (SSSR count). The van der Waals surface area contributed by atoms with Gasteiger partial charge in [-0.2, -0.15) is 0 Å². The van der Waals surface area contributed by atoms with Gasteiger partial charge in [-0.05, 0) is 37.2 Å². The van der Waals surface area contributed by atoms with Gasteiger partial charge >= 0.3 is 0 Å². The van der Waals surface area contributed by atoms with Crippen molar-refractivity contribution in [3.05, 3.63) is 29.5 Å². The van der Waals surface area contributed by atoms with Crippen molar-refractivity contribution in [1.82, 2.24) is 9.80 Å². The van der Waals surface area contributed by atoms with E-state index in [2.05, 4.69) is 0 Å². The molecule has 5 nitrogen and oxygen atoms in total. The molecule has 1 amide bonds. The summed E-state index contributed by atoms with van der Waals surface area (Å²) in [6, 6.07) is 4.83. The fourth-order valence-electron chi connectivity index (χ4n) is 3.25. The Balaban J connectivity index is 1.94. The summed E-state index contributed by atoms with van der Waals surface area (Å²) in [5, 5.41) is 20.0. The van der Waals surface area contributed by atoms with Crippen LogP contribution in [0.2, 0.25) is 0 Å². The zero-order valence-corrected chi connectivity index (χ0v) is 13.8. The van der Waals surface area contributed by atoms with Gasteiger partial charge in [-0.3, -0.25) is 9.69 Å². The third-order valence-corrected chi connectivity index (χ3v) is 5.04. The Kier molecular flexibility index (Phi) is 4.26. The number of amides is 1. The Bertz CT molecular complexity index is 680. The van der Waals surface area contributed by atoms with E-state index in [9.17, 15) is 15.0 Å². The fraction of sp³-hybridized carbons (Fsp3) is 0.412. The molecular formula is C17H20N2O3S. The lowest BCUT2D eigenvalue weighted by Crippen LogP contribution is -2.41. The Labute approximate surface area is 140 Å². The summed E-state index contributed by atoms with van der Waals surface area (Å²) >= 11 is 5.45. The van der Waals surface area contributed by atoms with Crippen LogP contribution >= 0.6 is 12.2 Å². The highest BCUT2D eigenvalue weighted by atomic mass is 32.1. The number of aromatic hydroxyl groups is 2. The molecule has 0 aromatic heterocycles. The van der Waals surface area contributed by atoms with E-state index in [-0.39, 0.29) is 23.4 Å². The van der Waals surface area contributed by atoms with E-state index >= 15 is 0 Å². The molecule has 0 atom stereocenters. The second-order valence-corrected chi connectivity index (χ2v) is 6.42. The van der Waals surface area contributed by atoms with E-state index in [4.69, 9.17) is 12.2 Å². The van der Waals surface area contributed by atoms with Crippen LogP contribution in [0.15, 0.2) is 23.9 Å². The maximum absolute atomic E-state index is 12.8. The van der Waals surface area contributed by atoms with Gasteiger partial charge in [-0.15, -0.1) is 0 Å². The minimum Gasteiger partial charge on any atom is -0.504 e. The third kappa shape index (κ3) is 2.79. The third-order valence-electron chi connectivity index (χ3n) is 4.57. The number of para-hydroxylation sites is 1. The topological polar surface area (TPSA) is 64.0 Å². The Morgan fingerprint density at radius 3 is 2.61 bits per heavy atom. The number of phenolic OH excluding ortho intramolecular Hbond substituents is 2. The molecule has 1 aromatic carbocycles. The van der Waals surface area contributed by atoms with Gasteiger partial charge in [0, 0.05) is 18.7 Å². The number of benzene rings is 1. The fourth-order valence-corrected chi connectivity index (χ4v) is 3.58. The molecule has 1 heterocycles. The van der Waals surface area contributed by atoms with E-state index in [0.717, 1.165) is 25.7 Å². The summed E-state index contributed by atoms with van der Waals surface area (Å²) < 4.78 is 0. The highest BCUT2D eigenvalue weighted by molar-refractivity contribution is 7.80. The van der Waals surface area contributed by atoms with Crippen molar-refractivity contribution >= 4 is 29.3 Å². The molecule has 23 heavy (non-hydrogen) atoms. The molecular weight excluding hydrogens is 312 g/mol. The first-order valence-electron chi connectivity index (χ1n) is 7.84. The lowest BCUT2D eigenvalue weighted by molar-refractivity contribution is -0.124. The maximum Gasteiger partial charge on any atom is 0.277 e. The van der Waals surface area contributed by atoms with E-state index in [1.807, 2.05) is 0 Å². The number of carbonyl (C=O) groups is 1. The summed E-state index contributed by atoms with van der Waals surface area (Å²) in [5.74, 6) is -0.575. The van der Waals surface area contributed by atoms with Crippen molar-refractivity contribution in [2.24, 2.45) is 0 Å². The number of carbonyl (C=O) groups excluding carboxylic acids is 1. The number of rotatable bonds is 2. The molecule has 1 saturated carbocycles. The highest BCUT2D eigenvalue weighted by Crippen LogP contribution is 2.34. The summed E-state index contributed by atoms with van der Waals surface area (Å²) in [6.07, 6.45) is 6.97. The largest absolute Gasteiger partial charge is 0.504 e. The second-order valence-electron chi connectivity index (χ2n) is 6.05. The van der Waals surface area contributed by atoms with Crippen LogP contribution in [0.3, 0.4) is 0 Å². The van der Waals surface area contributed by atoms with Gasteiger partial charge in [0.1, 0.15) is 5.70 Å². The molecule has 1 aromatic rings. The minimum absolute atomic E-state index is 0.132. The summed E-state index contributed by atoms with van der Waals surface area (Å²) in [5.41, 5.74) is 0.815. The van der Waals surface area contributed by atoms with Crippen molar-refractivity contribution in [2.45, 2.75) is 38.1 Å². The molecule has 1 aliphatic carbocycles. The van der Waals surface area contributed by atoms with Crippen molar-refractivity contribution < 1.29 is 15.0 Å². The number of thiocarbonyl (C=S) groups is 1. The Hall–Kier alpha value is -2.08. The second kappa shape index (κ2) is 6.20. The number of hydrogen-bond acceptors (Lipinski definition) is 4. The van der Waals surface area contributed by atoms with Crippen LogP contribution in [0, 0.1) is 0 Å². The first kappa shape index (κ1) is 15.8. The smallest absolute Gasteiger partial charge is 0.277 e. The quantitative estimate of drug-likeness (QED) is 0.495. The maximum atomic E-state index is 12.8. The highest BCUT2D eigenvalue weighted by Gasteiger charge is 2.40. The van der Waals surface area contributed by atoms with E-state index in [0.29, 0.717) is 16.4 Å². The SMILES string of the molecule is CN1C(=S)N(C2CCCCC2)C(=O)/C1=C/c1cccc(O)c1O. The van der Waals surface area contributed by atoms with Crippen LogP contribution in [-0.4, -0.2) is 44.1 Å². The number of hydrogen-bond donors (Lipinski definition) is 2.